The molecule has 0 spiro atoms. The number of carbonyl (C=O) groups is 2. The van der Waals surface area contributed by atoms with Crippen LogP contribution in [0.4, 0.5) is 28.9 Å². The van der Waals surface area contributed by atoms with E-state index >= 15 is 0 Å². The number of nitrogens with one attached hydrogen (secondary N) is 1. The second kappa shape index (κ2) is 9.38. The molecule has 2 aliphatic rings. The lowest BCUT2D eigenvalue weighted by Gasteiger charge is -2.35. The molecule has 37 heavy (non-hydrogen) atoms. The summed E-state index contributed by atoms with van der Waals surface area (Å²) in [5, 5.41) is 3.16. The van der Waals surface area contributed by atoms with Gasteiger partial charge in [0.15, 0.2) is 5.78 Å². The summed E-state index contributed by atoms with van der Waals surface area (Å²) in [7, 11) is 1.54. The van der Waals surface area contributed by atoms with Gasteiger partial charge in [-0.15, -0.1) is 0 Å². The van der Waals surface area contributed by atoms with E-state index in [2.05, 4.69) is 5.32 Å². The predicted molar refractivity (Wildman–Crippen MR) is 130 cm³/mol. The lowest BCUT2D eigenvalue weighted by Crippen LogP contribution is -2.45. The molecule has 3 aromatic carbocycles. The molecule has 1 aliphatic carbocycles. The molecule has 2 atom stereocenters. The van der Waals surface area contributed by atoms with Crippen LogP contribution in [-0.2, 0) is 9.59 Å². The second-order valence-electron chi connectivity index (χ2n) is 8.97. The Balaban J connectivity index is 1.71. The van der Waals surface area contributed by atoms with E-state index in [1.54, 1.807) is 18.2 Å². The number of para-hydroxylation sites is 2. The van der Waals surface area contributed by atoms with E-state index < -0.39 is 29.7 Å². The maximum absolute atomic E-state index is 13.9. The van der Waals surface area contributed by atoms with Crippen molar-refractivity contribution in [2.24, 2.45) is 0 Å². The van der Waals surface area contributed by atoms with Crippen LogP contribution in [0.2, 0.25) is 0 Å². The zero-order valence-electron chi connectivity index (χ0n) is 19.7. The van der Waals surface area contributed by atoms with Crippen molar-refractivity contribution in [1.82, 2.24) is 0 Å². The molecule has 1 aliphatic heterocycles. The van der Waals surface area contributed by atoms with Crippen LogP contribution in [0.5, 0.6) is 5.75 Å². The minimum absolute atomic E-state index is 0.0236. The van der Waals surface area contributed by atoms with Gasteiger partial charge in [-0.3, -0.25) is 14.5 Å². The Labute approximate surface area is 210 Å². The van der Waals surface area contributed by atoms with E-state index in [1.807, 2.05) is 18.2 Å². The monoisotopic (exact) mass is 510 g/mol. The zero-order valence-corrected chi connectivity index (χ0v) is 19.7. The molecular formula is C28H22F4N2O3. The molecule has 5 rings (SSSR count). The van der Waals surface area contributed by atoms with Crippen molar-refractivity contribution < 1.29 is 31.9 Å². The number of amides is 1. The van der Waals surface area contributed by atoms with Crippen molar-refractivity contribution in [2.45, 2.75) is 31.0 Å². The quantitative estimate of drug-likeness (QED) is 0.421. The van der Waals surface area contributed by atoms with Crippen LogP contribution >= 0.6 is 0 Å². The number of hydrogen-bond acceptors (Lipinski definition) is 4. The van der Waals surface area contributed by atoms with Crippen LogP contribution in [-0.4, -0.2) is 25.0 Å². The summed E-state index contributed by atoms with van der Waals surface area (Å²) in [6, 6.07) is 16.8. The number of carbonyl (C=O) groups excluding carboxylic acids is 2. The van der Waals surface area contributed by atoms with E-state index in [1.165, 1.54) is 31.4 Å². The molecule has 0 aromatic heterocycles. The molecule has 9 heteroatoms. The van der Waals surface area contributed by atoms with Crippen molar-refractivity contribution in [2.75, 3.05) is 17.3 Å². The number of halogens is 4. The molecule has 1 N–H and O–H groups in total. The third-order valence-electron chi connectivity index (χ3n) is 6.70. The first-order valence-electron chi connectivity index (χ1n) is 11.6. The van der Waals surface area contributed by atoms with Gasteiger partial charge in [0.05, 0.1) is 24.5 Å². The van der Waals surface area contributed by atoms with Gasteiger partial charge in [-0.25, -0.2) is 4.39 Å². The number of hydrogen-bond donors (Lipinski definition) is 1. The number of allylic oxidation sites excluding steroid dienone is 1. The molecule has 0 fully saturated rings. The van der Waals surface area contributed by atoms with Crippen molar-refractivity contribution in [3.8, 4) is 5.75 Å². The molecule has 3 aromatic rings. The lowest BCUT2D eigenvalue weighted by atomic mass is 9.78. The maximum Gasteiger partial charge on any atom is 0.471 e. The van der Waals surface area contributed by atoms with E-state index in [4.69, 9.17) is 4.74 Å². The fraction of sp³-hybridized carbons (Fsp3) is 0.214. The Bertz CT molecular complexity index is 1400. The number of ether oxygens (including phenoxy) is 1. The first-order chi connectivity index (χ1) is 17.7. The van der Waals surface area contributed by atoms with Crippen molar-refractivity contribution >= 4 is 23.1 Å². The number of methoxy groups -OCH3 is 1. The van der Waals surface area contributed by atoms with Gasteiger partial charge < -0.3 is 10.1 Å². The third-order valence-corrected chi connectivity index (χ3v) is 6.70. The highest BCUT2D eigenvalue weighted by molar-refractivity contribution is 6.07. The number of rotatable bonds is 3. The largest absolute Gasteiger partial charge is 0.497 e. The molecule has 0 radical (unpaired) electrons. The predicted octanol–water partition coefficient (Wildman–Crippen LogP) is 6.30. The van der Waals surface area contributed by atoms with Crippen LogP contribution in [0.25, 0.3) is 0 Å². The number of Topliss-reactive ketones (excluding diaryl/α,β-unsaturated/α-hetero) is 1. The maximum atomic E-state index is 13.9. The second-order valence-corrected chi connectivity index (χ2v) is 8.97. The minimum atomic E-state index is -5.21. The van der Waals surface area contributed by atoms with Gasteiger partial charge in [0, 0.05) is 17.7 Å². The van der Waals surface area contributed by atoms with Gasteiger partial charge in [0.2, 0.25) is 0 Å². The van der Waals surface area contributed by atoms with Crippen LogP contribution in [0, 0.1) is 5.82 Å². The highest BCUT2D eigenvalue weighted by Gasteiger charge is 2.50. The Morgan fingerprint density at radius 3 is 2.41 bits per heavy atom. The molecule has 0 saturated carbocycles. The SMILES string of the molecule is COc1cccc([C@H]2CC(=O)C3=C(C2)Nc2ccccc2N(C(=O)C(F)(F)F)[C@@H]3c2ccc(F)cc2)c1. The van der Waals surface area contributed by atoms with Gasteiger partial charge in [-0.05, 0) is 59.9 Å². The van der Waals surface area contributed by atoms with Crippen LogP contribution in [0.1, 0.15) is 35.9 Å². The molecule has 1 amide bonds. The Morgan fingerprint density at radius 2 is 1.70 bits per heavy atom. The van der Waals surface area contributed by atoms with Gasteiger partial charge in [0.25, 0.3) is 0 Å². The normalized spacial score (nSPS) is 19.5. The van der Waals surface area contributed by atoms with Gasteiger partial charge >= 0.3 is 12.1 Å². The van der Waals surface area contributed by atoms with E-state index in [9.17, 15) is 27.2 Å². The molecule has 0 unspecified atom stereocenters. The summed E-state index contributed by atoms with van der Waals surface area (Å²) < 4.78 is 60.8. The van der Waals surface area contributed by atoms with E-state index in [0.717, 1.165) is 17.7 Å². The molecule has 0 saturated heterocycles. The summed E-state index contributed by atoms with van der Waals surface area (Å²) >= 11 is 0. The van der Waals surface area contributed by atoms with E-state index in [-0.39, 0.29) is 34.9 Å². The summed E-state index contributed by atoms with van der Waals surface area (Å²) in [5.74, 6) is -2.75. The molecule has 1 heterocycles. The Morgan fingerprint density at radius 1 is 0.973 bits per heavy atom. The number of benzene rings is 3. The molecule has 0 bridgehead atoms. The van der Waals surface area contributed by atoms with Gasteiger partial charge in [-0.1, -0.05) is 36.4 Å². The van der Waals surface area contributed by atoms with Crippen LogP contribution < -0.4 is 15.0 Å². The number of ketones is 1. The third kappa shape index (κ3) is 4.57. The number of alkyl halides is 3. The van der Waals surface area contributed by atoms with Gasteiger partial charge in [-0.2, -0.15) is 13.2 Å². The fourth-order valence-electron chi connectivity index (χ4n) is 5.04. The summed E-state index contributed by atoms with van der Waals surface area (Å²) in [6.07, 6.45) is -4.87. The molecular weight excluding hydrogens is 488 g/mol. The topological polar surface area (TPSA) is 58.6 Å². The zero-order chi connectivity index (χ0) is 26.3. The number of anilines is 2. The van der Waals surface area contributed by atoms with E-state index in [0.29, 0.717) is 22.8 Å². The Kier molecular flexibility index (Phi) is 6.23. The van der Waals surface area contributed by atoms with Crippen molar-refractivity contribution in [1.29, 1.82) is 0 Å². The summed E-state index contributed by atoms with van der Waals surface area (Å²) in [6.45, 7) is 0. The smallest absolute Gasteiger partial charge is 0.471 e. The molecule has 190 valence electrons. The van der Waals surface area contributed by atoms with Crippen molar-refractivity contribution in [3.05, 3.63) is 101 Å². The molecule has 5 nitrogen and oxygen atoms in total. The van der Waals surface area contributed by atoms with Crippen LogP contribution in [0.15, 0.2) is 84.1 Å². The first-order valence-corrected chi connectivity index (χ1v) is 11.6. The van der Waals surface area contributed by atoms with Crippen molar-refractivity contribution in [3.63, 3.8) is 0 Å². The average molecular weight is 510 g/mol. The average Bonchev–Trinajstić information content (AvgIpc) is 3.02. The first kappa shape index (κ1) is 24.5. The Hall–Kier alpha value is -4.14. The number of fused-ring (bicyclic) bond motifs is 1. The highest BCUT2D eigenvalue weighted by atomic mass is 19.4. The summed E-state index contributed by atoms with van der Waals surface area (Å²) in [4.78, 5) is 27.2. The highest BCUT2D eigenvalue weighted by Crippen LogP contribution is 2.48. The fourth-order valence-corrected chi connectivity index (χ4v) is 5.04. The lowest BCUT2D eigenvalue weighted by molar-refractivity contribution is -0.170. The van der Waals surface area contributed by atoms with Gasteiger partial charge in [0.1, 0.15) is 11.6 Å². The number of nitrogens with zero attached hydrogens (tertiary/aromatic N) is 1. The minimum Gasteiger partial charge on any atom is -0.497 e. The van der Waals surface area contributed by atoms with Crippen LogP contribution in [0.3, 0.4) is 0 Å². The standard InChI is InChI=1S/C28H22F4N2O3/c1-37-20-6-4-5-17(13-20)18-14-22-25(24(35)15-18)26(16-9-11-19(29)12-10-16)34(27(36)28(30,31)32)23-8-3-2-7-21(23)33-22/h2-13,18,26,33H,14-15H2,1H3/t18-,26-/m1/s1. The summed E-state index contributed by atoms with van der Waals surface area (Å²) in [5.41, 5.74) is 1.75.